The molecule has 0 aliphatic heterocycles. The minimum Gasteiger partial charge on any atom is -0.481 e. The van der Waals surface area contributed by atoms with E-state index in [1.54, 1.807) is 16.8 Å². The van der Waals surface area contributed by atoms with E-state index in [0.717, 1.165) is 0 Å². The lowest BCUT2D eigenvalue weighted by molar-refractivity contribution is -0.138. The zero-order valence-electron chi connectivity index (χ0n) is 8.17. The van der Waals surface area contributed by atoms with Gasteiger partial charge in [0, 0.05) is 18.9 Å². The van der Waals surface area contributed by atoms with Crippen LogP contribution in [0.2, 0.25) is 5.15 Å². The van der Waals surface area contributed by atoms with E-state index in [1.807, 2.05) is 0 Å². The van der Waals surface area contributed by atoms with Crippen molar-refractivity contribution in [3.05, 3.63) is 29.4 Å². The maximum Gasteiger partial charge on any atom is 0.314 e. The number of carboxylic acids is 1. The van der Waals surface area contributed by atoms with Crippen molar-refractivity contribution in [3.8, 4) is 0 Å². The maximum absolute atomic E-state index is 11.0. The SMILES string of the molecule is NCC(C(=O)O)c1nc2cnccn2c1Cl. The number of rotatable bonds is 3. The van der Waals surface area contributed by atoms with Gasteiger partial charge < -0.3 is 10.8 Å². The molecular formula is C9H9ClN4O2. The zero-order valence-corrected chi connectivity index (χ0v) is 8.92. The molecule has 1 atom stereocenters. The van der Waals surface area contributed by atoms with Gasteiger partial charge in [-0.2, -0.15) is 0 Å². The lowest BCUT2D eigenvalue weighted by Gasteiger charge is -2.05. The van der Waals surface area contributed by atoms with Gasteiger partial charge >= 0.3 is 5.97 Å². The summed E-state index contributed by atoms with van der Waals surface area (Å²) in [5, 5.41) is 9.23. The van der Waals surface area contributed by atoms with Crippen LogP contribution in [0.4, 0.5) is 0 Å². The number of halogens is 1. The van der Waals surface area contributed by atoms with Gasteiger partial charge in [0.15, 0.2) is 5.65 Å². The number of nitrogens with zero attached hydrogens (tertiary/aromatic N) is 3. The quantitative estimate of drug-likeness (QED) is 0.815. The molecule has 0 bridgehead atoms. The van der Waals surface area contributed by atoms with E-state index < -0.39 is 11.9 Å². The summed E-state index contributed by atoms with van der Waals surface area (Å²) in [5.74, 6) is -1.94. The predicted molar refractivity (Wildman–Crippen MR) is 57.4 cm³/mol. The minimum atomic E-state index is -1.04. The molecule has 6 nitrogen and oxygen atoms in total. The van der Waals surface area contributed by atoms with Gasteiger partial charge in [0.2, 0.25) is 0 Å². The number of fused-ring (bicyclic) bond motifs is 1. The van der Waals surface area contributed by atoms with Gasteiger partial charge in [-0.3, -0.25) is 14.2 Å². The Morgan fingerprint density at radius 2 is 2.44 bits per heavy atom. The molecule has 0 spiro atoms. The van der Waals surface area contributed by atoms with Crippen molar-refractivity contribution in [1.29, 1.82) is 0 Å². The Kier molecular flexibility index (Phi) is 2.76. The van der Waals surface area contributed by atoms with Crippen molar-refractivity contribution in [1.82, 2.24) is 14.4 Å². The molecule has 2 aromatic rings. The molecule has 0 aliphatic rings. The van der Waals surface area contributed by atoms with Crippen LogP contribution in [0.5, 0.6) is 0 Å². The number of aliphatic carboxylic acids is 1. The summed E-state index contributed by atoms with van der Waals surface area (Å²) in [5.41, 5.74) is 6.16. The second-order valence-corrected chi connectivity index (χ2v) is 3.58. The van der Waals surface area contributed by atoms with Crippen molar-refractivity contribution in [2.45, 2.75) is 5.92 Å². The zero-order chi connectivity index (χ0) is 11.7. The molecular weight excluding hydrogens is 232 g/mol. The van der Waals surface area contributed by atoms with Gasteiger partial charge in [-0.05, 0) is 0 Å². The third kappa shape index (κ3) is 1.62. The lowest BCUT2D eigenvalue weighted by atomic mass is 10.1. The highest BCUT2D eigenvalue weighted by molar-refractivity contribution is 6.30. The number of aromatic nitrogens is 3. The summed E-state index contributed by atoms with van der Waals surface area (Å²) < 4.78 is 1.56. The molecule has 0 saturated heterocycles. The second kappa shape index (κ2) is 4.07. The molecule has 0 fully saturated rings. The van der Waals surface area contributed by atoms with Crippen molar-refractivity contribution in [2.75, 3.05) is 6.54 Å². The van der Waals surface area contributed by atoms with Crippen LogP contribution in [0, 0.1) is 0 Å². The highest BCUT2D eigenvalue weighted by atomic mass is 35.5. The first-order valence-electron chi connectivity index (χ1n) is 4.55. The predicted octanol–water partition coefficient (Wildman–Crippen LogP) is 0.510. The van der Waals surface area contributed by atoms with Gasteiger partial charge in [-0.15, -0.1) is 0 Å². The third-order valence-electron chi connectivity index (χ3n) is 2.26. The monoisotopic (exact) mass is 240 g/mol. The smallest absolute Gasteiger partial charge is 0.314 e. The first-order valence-corrected chi connectivity index (χ1v) is 4.93. The molecule has 1 unspecified atom stereocenters. The largest absolute Gasteiger partial charge is 0.481 e. The molecule has 0 aliphatic carbocycles. The summed E-state index contributed by atoms with van der Waals surface area (Å²) in [4.78, 5) is 18.9. The van der Waals surface area contributed by atoms with Gasteiger partial charge in [0.1, 0.15) is 11.1 Å². The van der Waals surface area contributed by atoms with E-state index in [1.165, 1.54) is 6.20 Å². The number of hydrogen-bond acceptors (Lipinski definition) is 4. The number of nitrogens with two attached hydrogens (primary N) is 1. The Morgan fingerprint density at radius 3 is 3.00 bits per heavy atom. The second-order valence-electron chi connectivity index (χ2n) is 3.22. The summed E-state index contributed by atoms with van der Waals surface area (Å²) >= 11 is 6.03. The molecule has 2 aromatic heterocycles. The van der Waals surface area contributed by atoms with Crippen LogP contribution in [0.1, 0.15) is 11.6 Å². The van der Waals surface area contributed by atoms with Crippen molar-refractivity contribution >= 4 is 23.2 Å². The Morgan fingerprint density at radius 1 is 1.69 bits per heavy atom. The van der Waals surface area contributed by atoms with Crippen LogP contribution < -0.4 is 5.73 Å². The molecule has 0 aromatic carbocycles. The van der Waals surface area contributed by atoms with Gasteiger partial charge in [0.05, 0.1) is 11.9 Å². The lowest BCUT2D eigenvalue weighted by Crippen LogP contribution is -2.21. The standard InChI is InChI=1S/C9H9ClN4O2/c10-8-7(5(3-11)9(15)16)13-6-4-12-1-2-14(6)8/h1-2,4-5H,3,11H2,(H,15,16). The van der Waals surface area contributed by atoms with E-state index in [-0.39, 0.29) is 17.4 Å². The first kappa shape index (κ1) is 10.8. The van der Waals surface area contributed by atoms with E-state index in [9.17, 15) is 4.79 Å². The van der Waals surface area contributed by atoms with Crippen LogP contribution in [-0.2, 0) is 4.79 Å². The molecule has 0 saturated carbocycles. The van der Waals surface area contributed by atoms with Crippen LogP contribution in [-0.4, -0.2) is 32.0 Å². The fourth-order valence-electron chi connectivity index (χ4n) is 1.45. The van der Waals surface area contributed by atoms with Gasteiger partial charge in [0.25, 0.3) is 0 Å². The van der Waals surface area contributed by atoms with Gasteiger partial charge in [-0.1, -0.05) is 11.6 Å². The van der Waals surface area contributed by atoms with E-state index in [0.29, 0.717) is 5.65 Å². The summed E-state index contributed by atoms with van der Waals surface area (Å²) in [6.45, 7) is -0.0492. The Hall–Kier alpha value is -1.66. The number of carbonyl (C=O) groups is 1. The molecule has 0 radical (unpaired) electrons. The molecule has 7 heteroatoms. The molecule has 16 heavy (non-hydrogen) atoms. The van der Waals surface area contributed by atoms with Crippen molar-refractivity contribution in [3.63, 3.8) is 0 Å². The Balaban J connectivity index is 2.60. The summed E-state index contributed by atoms with van der Waals surface area (Å²) in [7, 11) is 0. The normalized spacial score (nSPS) is 12.9. The maximum atomic E-state index is 11.0. The average molecular weight is 241 g/mol. The number of hydrogen-bond donors (Lipinski definition) is 2. The Bertz CT molecular complexity index is 539. The third-order valence-corrected chi connectivity index (χ3v) is 2.64. The van der Waals surface area contributed by atoms with Crippen LogP contribution in [0.25, 0.3) is 5.65 Å². The topological polar surface area (TPSA) is 93.5 Å². The van der Waals surface area contributed by atoms with Crippen LogP contribution in [0.3, 0.4) is 0 Å². The minimum absolute atomic E-state index is 0.0492. The molecule has 2 heterocycles. The van der Waals surface area contributed by atoms with Crippen molar-refractivity contribution in [2.24, 2.45) is 5.73 Å². The van der Waals surface area contributed by atoms with Crippen LogP contribution >= 0.6 is 11.6 Å². The molecule has 0 amide bonds. The van der Waals surface area contributed by atoms with E-state index in [2.05, 4.69) is 9.97 Å². The average Bonchev–Trinajstić information content (AvgIpc) is 2.58. The van der Waals surface area contributed by atoms with Crippen molar-refractivity contribution < 1.29 is 9.90 Å². The molecule has 3 N–H and O–H groups in total. The van der Waals surface area contributed by atoms with Crippen LogP contribution in [0.15, 0.2) is 18.6 Å². The highest BCUT2D eigenvalue weighted by Crippen LogP contribution is 2.24. The fraction of sp³-hybridized carbons (Fsp3) is 0.222. The molecule has 84 valence electrons. The van der Waals surface area contributed by atoms with E-state index in [4.69, 9.17) is 22.4 Å². The fourth-order valence-corrected chi connectivity index (χ4v) is 1.76. The number of imidazole rings is 1. The summed E-state index contributed by atoms with van der Waals surface area (Å²) in [6, 6.07) is 0. The van der Waals surface area contributed by atoms with E-state index >= 15 is 0 Å². The summed E-state index contributed by atoms with van der Waals surface area (Å²) in [6.07, 6.45) is 4.66. The molecule has 2 rings (SSSR count). The van der Waals surface area contributed by atoms with Gasteiger partial charge in [-0.25, -0.2) is 4.98 Å². The Labute approximate surface area is 95.7 Å². The number of carboxylic acid groups (broad SMARTS) is 1. The first-order chi connectivity index (χ1) is 7.65. The highest BCUT2D eigenvalue weighted by Gasteiger charge is 2.25.